The molecule has 0 radical (unpaired) electrons. The van der Waals surface area contributed by atoms with Gasteiger partial charge in [-0.15, -0.1) is 0 Å². The van der Waals surface area contributed by atoms with E-state index in [0.29, 0.717) is 16.4 Å². The number of thiocarbonyl (C=S) groups is 1. The highest BCUT2D eigenvalue weighted by Crippen LogP contribution is 2.22. The highest BCUT2D eigenvalue weighted by molar-refractivity contribution is 9.10. The molecule has 1 amide bonds. The second kappa shape index (κ2) is 7.20. The summed E-state index contributed by atoms with van der Waals surface area (Å²) in [5, 5.41) is 3.25. The number of methoxy groups -OCH3 is 1. The van der Waals surface area contributed by atoms with Gasteiger partial charge in [0.25, 0.3) is 5.91 Å². The van der Waals surface area contributed by atoms with Gasteiger partial charge < -0.3 is 14.5 Å². The number of hydrogen-bond acceptors (Lipinski definition) is 4. The molecule has 0 saturated carbocycles. The summed E-state index contributed by atoms with van der Waals surface area (Å²) in [7, 11) is 3.62. The number of likely N-dealkylation sites (N-methyl/N-ethyl adjacent to an activating group) is 1. The molecule has 0 bridgehead atoms. The van der Waals surface area contributed by atoms with Crippen LogP contribution in [0.3, 0.4) is 0 Å². The summed E-state index contributed by atoms with van der Waals surface area (Å²) in [6.45, 7) is 3.53. The standard InChI is InChI=1S/C14H18BrN3O2S/c1-17-5-7-18(8-6-17)14(21)16-13(19)11-9-10(15)3-4-12(11)20-2/h3-4,9H,5-8H2,1-2H3,(H,16,19,21). The SMILES string of the molecule is COc1ccc(Br)cc1C(=O)NC(=S)N1CCN(C)CC1. The van der Waals surface area contributed by atoms with Gasteiger partial charge in [0.05, 0.1) is 12.7 Å². The lowest BCUT2D eigenvalue weighted by Gasteiger charge is -2.33. The minimum absolute atomic E-state index is 0.253. The summed E-state index contributed by atoms with van der Waals surface area (Å²) >= 11 is 8.68. The quantitative estimate of drug-likeness (QED) is 0.801. The van der Waals surface area contributed by atoms with E-state index < -0.39 is 0 Å². The molecule has 21 heavy (non-hydrogen) atoms. The average molecular weight is 372 g/mol. The van der Waals surface area contributed by atoms with Gasteiger partial charge in [-0.2, -0.15) is 0 Å². The Labute approximate surface area is 138 Å². The van der Waals surface area contributed by atoms with Crippen LogP contribution in [0.4, 0.5) is 0 Å². The zero-order valence-electron chi connectivity index (χ0n) is 12.1. The Balaban J connectivity index is 2.04. The highest BCUT2D eigenvalue weighted by Gasteiger charge is 2.20. The normalized spacial score (nSPS) is 15.7. The summed E-state index contributed by atoms with van der Waals surface area (Å²) in [6, 6.07) is 5.30. The Morgan fingerprint density at radius 1 is 1.33 bits per heavy atom. The largest absolute Gasteiger partial charge is 0.496 e. The van der Waals surface area contributed by atoms with E-state index in [9.17, 15) is 4.79 Å². The Morgan fingerprint density at radius 3 is 2.62 bits per heavy atom. The van der Waals surface area contributed by atoms with Crippen LogP contribution in [0, 0.1) is 0 Å². The number of nitrogens with one attached hydrogen (secondary N) is 1. The number of halogens is 1. The van der Waals surface area contributed by atoms with Crippen molar-refractivity contribution in [2.75, 3.05) is 40.3 Å². The van der Waals surface area contributed by atoms with Gasteiger partial charge in [-0.25, -0.2) is 0 Å². The van der Waals surface area contributed by atoms with E-state index in [2.05, 4.69) is 33.2 Å². The molecule has 1 aromatic carbocycles. The molecule has 1 saturated heterocycles. The van der Waals surface area contributed by atoms with Crippen LogP contribution < -0.4 is 10.1 Å². The average Bonchev–Trinajstić information content (AvgIpc) is 2.47. The van der Waals surface area contributed by atoms with Crippen molar-refractivity contribution in [3.8, 4) is 5.75 Å². The van der Waals surface area contributed by atoms with Gasteiger partial charge in [0.1, 0.15) is 5.75 Å². The molecule has 1 aliphatic rings. The van der Waals surface area contributed by atoms with Crippen molar-refractivity contribution >= 4 is 39.2 Å². The zero-order valence-corrected chi connectivity index (χ0v) is 14.5. The number of benzene rings is 1. The summed E-state index contributed by atoms with van der Waals surface area (Å²) < 4.78 is 6.04. The lowest BCUT2D eigenvalue weighted by Crippen LogP contribution is -2.51. The maximum Gasteiger partial charge on any atom is 0.261 e. The van der Waals surface area contributed by atoms with Crippen LogP contribution in [0.25, 0.3) is 0 Å². The van der Waals surface area contributed by atoms with Crippen molar-refractivity contribution in [2.24, 2.45) is 0 Å². The van der Waals surface area contributed by atoms with E-state index in [1.807, 2.05) is 11.0 Å². The van der Waals surface area contributed by atoms with Crippen LogP contribution in [0.15, 0.2) is 22.7 Å². The van der Waals surface area contributed by atoms with Crippen molar-refractivity contribution in [3.63, 3.8) is 0 Å². The van der Waals surface area contributed by atoms with E-state index in [-0.39, 0.29) is 5.91 Å². The number of rotatable bonds is 2. The number of ether oxygens (including phenoxy) is 1. The second-order valence-electron chi connectivity index (χ2n) is 4.89. The molecule has 7 heteroatoms. The molecule has 0 spiro atoms. The Kier molecular flexibility index (Phi) is 5.55. The molecular formula is C14H18BrN3O2S. The molecular weight excluding hydrogens is 354 g/mol. The van der Waals surface area contributed by atoms with Gasteiger partial charge in [0.2, 0.25) is 0 Å². The van der Waals surface area contributed by atoms with Gasteiger partial charge in [0, 0.05) is 30.7 Å². The second-order valence-corrected chi connectivity index (χ2v) is 6.20. The lowest BCUT2D eigenvalue weighted by molar-refractivity contribution is 0.0967. The lowest BCUT2D eigenvalue weighted by atomic mass is 10.2. The van der Waals surface area contributed by atoms with E-state index in [4.69, 9.17) is 17.0 Å². The molecule has 0 aliphatic carbocycles. The molecule has 2 rings (SSSR count). The van der Waals surface area contributed by atoms with Crippen LogP contribution in [-0.2, 0) is 0 Å². The van der Waals surface area contributed by atoms with E-state index >= 15 is 0 Å². The fraction of sp³-hybridized carbons (Fsp3) is 0.429. The topological polar surface area (TPSA) is 44.8 Å². The molecule has 1 aliphatic heterocycles. The minimum Gasteiger partial charge on any atom is -0.496 e. The number of nitrogens with zero attached hydrogens (tertiary/aromatic N) is 2. The molecule has 1 aromatic rings. The maximum atomic E-state index is 12.4. The number of carbonyl (C=O) groups is 1. The zero-order chi connectivity index (χ0) is 15.4. The summed E-state index contributed by atoms with van der Waals surface area (Å²) in [5.41, 5.74) is 0.461. The van der Waals surface area contributed by atoms with Crippen LogP contribution in [0.5, 0.6) is 5.75 Å². The Bertz CT molecular complexity index is 545. The third-order valence-corrected chi connectivity index (χ3v) is 4.27. The number of hydrogen-bond donors (Lipinski definition) is 1. The molecule has 1 heterocycles. The van der Waals surface area contributed by atoms with E-state index in [0.717, 1.165) is 30.7 Å². The summed E-state index contributed by atoms with van der Waals surface area (Å²) in [5.74, 6) is 0.272. The van der Waals surface area contributed by atoms with Crippen molar-refractivity contribution in [3.05, 3.63) is 28.2 Å². The smallest absolute Gasteiger partial charge is 0.261 e. The molecule has 5 nitrogen and oxygen atoms in total. The maximum absolute atomic E-state index is 12.4. The van der Waals surface area contributed by atoms with Crippen molar-refractivity contribution < 1.29 is 9.53 Å². The highest BCUT2D eigenvalue weighted by atomic mass is 79.9. The first-order chi connectivity index (χ1) is 10.0. The first kappa shape index (κ1) is 16.2. The third kappa shape index (κ3) is 4.15. The van der Waals surface area contributed by atoms with E-state index in [1.165, 1.54) is 0 Å². The van der Waals surface area contributed by atoms with Crippen molar-refractivity contribution in [1.82, 2.24) is 15.1 Å². The molecule has 114 valence electrons. The minimum atomic E-state index is -0.253. The first-order valence-corrected chi connectivity index (χ1v) is 7.83. The number of amides is 1. The Morgan fingerprint density at radius 2 is 2.00 bits per heavy atom. The van der Waals surface area contributed by atoms with Crippen LogP contribution in [0.2, 0.25) is 0 Å². The van der Waals surface area contributed by atoms with Crippen molar-refractivity contribution in [2.45, 2.75) is 0 Å². The van der Waals surface area contributed by atoms with Gasteiger partial charge in [0.15, 0.2) is 5.11 Å². The van der Waals surface area contributed by atoms with Crippen LogP contribution in [-0.4, -0.2) is 61.2 Å². The first-order valence-electron chi connectivity index (χ1n) is 6.63. The van der Waals surface area contributed by atoms with Crippen LogP contribution in [0.1, 0.15) is 10.4 Å². The van der Waals surface area contributed by atoms with Gasteiger partial charge in [-0.1, -0.05) is 15.9 Å². The molecule has 0 aromatic heterocycles. The van der Waals surface area contributed by atoms with Crippen LogP contribution >= 0.6 is 28.1 Å². The third-order valence-electron chi connectivity index (χ3n) is 3.42. The molecule has 0 atom stereocenters. The monoisotopic (exact) mass is 371 g/mol. The fourth-order valence-electron chi connectivity index (χ4n) is 2.11. The summed E-state index contributed by atoms with van der Waals surface area (Å²) in [4.78, 5) is 16.6. The Hall–Kier alpha value is -1.18. The number of carbonyl (C=O) groups excluding carboxylic acids is 1. The predicted octanol–water partition coefficient (Wildman–Crippen LogP) is 1.72. The van der Waals surface area contributed by atoms with Gasteiger partial charge in [-0.05, 0) is 37.5 Å². The number of piperazine rings is 1. The molecule has 1 fully saturated rings. The molecule has 1 N–H and O–H groups in total. The molecule has 0 unspecified atom stereocenters. The van der Waals surface area contributed by atoms with Gasteiger partial charge in [-0.3, -0.25) is 10.1 Å². The van der Waals surface area contributed by atoms with E-state index in [1.54, 1.807) is 19.2 Å². The summed E-state index contributed by atoms with van der Waals surface area (Å²) in [6.07, 6.45) is 0. The van der Waals surface area contributed by atoms with Crippen molar-refractivity contribution in [1.29, 1.82) is 0 Å². The fourth-order valence-corrected chi connectivity index (χ4v) is 2.75. The predicted molar refractivity (Wildman–Crippen MR) is 89.8 cm³/mol. The van der Waals surface area contributed by atoms with Gasteiger partial charge >= 0.3 is 0 Å².